The van der Waals surface area contributed by atoms with Gasteiger partial charge in [0.15, 0.2) is 12.1 Å². The SMILES string of the molecule is CCOC(=O)c1cccc(NC(=O)CN2N=NC3C(=O)N(c4ccc(OC)c(Cl)c4)C(=O)C32)c1. The second-order valence-corrected chi connectivity index (χ2v) is 7.78. The standard InChI is InChI=1S/C22H20ClN5O6/c1-3-34-22(32)12-5-4-6-13(9-12)24-17(29)11-27-19-18(25-26-27)20(30)28(21(19)31)14-7-8-16(33-2)15(23)10-14/h4-10,18-19H,3,11H2,1-2H3,(H,24,29). The first-order valence-corrected chi connectivity index (χ1v) is 10.7. The molecule has 2 aliphatic heterocycles. The number of rotatable bonds is 7. The lowest BCUT2D eigenvalue weighted by atomic mass is 10.1. The van der Waals surface area contributed by atoms with Crippen molar-refractivity contribution in [1.82, 2.24) is 5.01 Å². The second-order valence-electron chi connectivity index (χ2n) is 7.37. The number of esters is 1. The normalized spacial score (nSPS) is 18.8. The van der Waals surface area contributed by atoms with Crippen LogP contribution in [0.3, 0.4) is 0 Å². The van der Waals surface area contributed by atoms with Crippen LogP contribution in [0.2, 0.25) is 5.02 Å². The Morgan fingerprint density at radius 2 is 1.94 bits per heavy atom. The van der Waals surface area contributed by atoms with E-state index in [-0.39, 0.29) is 29.4 Å². The van der Waals surface area contributed by atoms with E-state index in [0.717, 1.165) is 4.90 Å². The van der Waals surface area contributed by atoms with Crippen molar-refractivity contribution in [2.75, 3.05) is 30.5 Å². The van der Waals surface area contributed by atoms with Gasteiger partial charge in [-0.2, -0.15) is 5.11 Å². The summed E-state index contributed by atoms with van der Waals surface area (Å²) in [4.78, 5) is 51.4. The quantitative estimate of drug-likeness (QED) is 0.471. The van der Waals surface area contributed by atoms with Gasteiger partial charge < -0.3 is 14.8 Å². The third-order valence-corrected chi connectivity index (χ3v) is 5.51. The Hall–Kier alpha value is -3.99. The number of amides is 3. The van der Waals surface area contributed by atoms with E-state index < -0.39 is 35.8 Å². The van der Waals surface area contributed by atoms with Gasteiger partial charge in [-0.3, -0.25) is 19.4 Å². The highest BCUT2D eigenvalue weighted by atomic mass is 35.5. The van der Waals surface area contributed by atoms with E-state index in [2.05, 4.69) is 15.7 Å². The van der Waals surface area contributed by atoms with Crippen LogP contribution in [0.25, 0.3) is 0 Å². The summed E-state index contributed by atoms with van der Waals surface area (Å²) in [5, 5.41) is 11.8. The number of imide groups is 1. The molecule has 0 bridgehead atoms. The summed E-state index contributed by atoms with van der Waals surface area (Å²) in [6, 6.07) is 8.66. The maximum Gasteiger partial charge on any atom is 0.338 e. The Bertz CT molecular complexity index is 1200. The number of carbonyl (C=O) groups is 4. The summed E-state index contributed by atoms with van der Waals surface area (Å²) in [6.07, 6.45) is 0. The molecule has 4 rings (SSSR count). The van der Waals surface area contributed by atoms with Crippen LogP contribution >= 0.6 is 11.6 Å². The molecule has 2 aromatic carbocycles. The predicted molar refractivity (Wildman–Crippen MR) is 121 cm³/mol. The predicted octanol–water partition coefficient (Wildman–Crippen LogP) is 2.46. The van der Waals surface area contributed by atoms with Crippen LogP contribution in [0.4, 0.5) is 11.4 Å². The first-order chi connectivity index (χ1) is 16.3. The van der Waals surface area contributed by atoms with Gasteiger partial charge in [0.05, 0.1) is 30.0 Å². The van der Waals surface area contributed by atoms with E-state index in [4.69, 9.17) is 21.1 Å². The maximum absolute atomic E-state index is 13.1. The Morgan fingerprint density at radius 1 is 1.15 bits per heavy atom. The van der Waals surface area contributed by atoms with Gasteiger partial charge in [0.2, 0.25) is 5.91 Å². The fourth-order valence-corrected chi connectivity index (χ4v) is 3.94. The summed E-state index contributed by atoms with van der Waals surface area (Å²) in [5.41, 5.74) is 0.920. The van der Waals surface area contributed by atoms with E-state index in [1.54, 1.807) is 31.2 Å². The molecule has 34 heavy (non-hydrogen) atoms. The van der Waals surface area contributed by atoms with Crippen molar-refractivity contribution >= 4 is 46.7 Å². The average molecular weight is 486 g/mol. The Kier molecular flexibility index (Phi) is 6.46. The topological polar surface area (TPSA) is 130 Å². The lowest BCUT2D eigenvalue weighted by Gasteiger charge is -2.20. The first kappa shape index (κ1) is 23.2. The minimum absolute atomic E-state index is 0.227. The molecule has 2 atom stereocenters. The van der Waals surface area contributed by atoms with Gasteiger partial charge in [-0.05, 0) is 43.3 Å². The molecule has 2 unspecified atom stereocenters. The van der Waals surface area contributed by atoms with Gasteiger partial charge in [0.25, 0.3) is 11.8 Å². The van der Waals surface area contributed by atoms with Crippen molar-refractivity contribution in [3.05, 3.63) is 53.1 Å². The molecule has 176 valence electrons. The molecule has 0 radical (unpaired) electrons. The number of carbonyl (C=O) groups excluding carboxylic acids is 4. The number of hydrogen-bond donors (Lipinski definition) is 1. The molecule has 11 nitrogen and oxygen atoms in total. The number of fused-ring (bicyclic) bond motifs is 1. The molecule has 0 saturated carbocycles. The van der Waals surface area contributed by atoms with Gasteiger partial charge in [0.1, 0.15) is 12.3 Å². The van der Waals surface area contributed by atoms with Crippen LogP contribution in [0.5, 0.6) is 5.75 Å². The summed E-state index contributed by atoms with van der Waals surface area (Å²) in [6.45, 7) is 1.59. The molecule has 2 aliphatic rings. The third-order valence-electron chi connectivity index (χ3n) is 5.21. The first-order valence-electron chi connectivity index (χ1n) is 10.3. The van der Waals surface area contributed by atoms with Crippen molar-refractivity contribution in [3.8, 4) is 5.75 Å². The molecular weight excluding hydrogens is 466 g/mol. The maximum atomic E-state index is 13.1. The number of anilines is 2. The average Bonchev–Trinajstić information content (AvgIpc) is 3.33. The van der Waals surface area contributed by atoms with Gasteiger partial charge in [-0.25, -0.2) is 9.69 Å². The monoisotopic (exact) mass is 485 g/mol. The molecule has 12 heteroatoms. The molecular formula is C22H20ClN5O6. The van der Waals surface area contributed by atoms with E-state index in [9.17, 15) is 19.2 Å². The highest BCUT2D eigenvalue weighted by molar-refractivity contribution is 6.33. The number of hydrogen-bond acceptors (Lipinski definition) is 9. The minimum atomic E-state index is -1.06. The number of halogens is 1. The molecule has 1 saturated heterocycles. The largest absolute Gasteiger partial charge is 0.495 e. The van der Waals surface area contributed by atoms with Gasteiger partial charge in [-0.1, -0.05) is 22.9 Å². The highest BCUT2D eigenvalue weighted by Gasteiger charge is 2.55. The van der Waals surface area contributed by atoms with Gasteiger partial charge >= 0.3 is 5.97 Å². The van der Waals surface area contributed by atoms with Crippen LogP contribution < -0.4 is 15.0 Å². The van der Waals surface area contributed by atoms with E-state index in [1.807, 2.05) is 0 Å². The lowest BCUT2D eigenvalue weighted by molar-refractivity contribution is -0.123. The Balaban J connectivity index is 1.46. The lowest BCUT2D eigenvalue weighted by Crippen LogP contribution is -2.43. The van der Waals surface area contributed by atoms with Crippen LogP contribution in [0.15, 0.2) is 52.8 Å². The zero-order chi connectivity index (χ0) is 24.4. The summed E-state index contributed by atoms with van der Waals surface area (Å²) in [5.74, 6) is -1.76. The summed E-state index contributed by atoms with van der Waals surface area (Å²) in [7, 11) is 1.45. The Labute approximate surface area is 199 Å². The van der Waals surface area contributed by atoms with Gasteiger partial charge in [0, 0.05) is 5.69 Å². The fourth-order valence-electron chi connectivity index (χ4n) is 3.69. The molecule has 0 aromatic heterocycles. The van der Waals surface area contributed by atoms with E-state index >= 15 is 0 Å². The molecule has 2 aromatic rings. The molecule has 0 spiro atoms. The zero-order valence-corrected chi connectivity index (χ0v) is 19.0. The number of benzene rings is 2. The summed E-state index contributed by atoms with van der Waals surface area (Å²) < 4.78 is 10.1. The van der Waals surface area contributed by atoms with E-state index in [1.165, 1.54) is 30.3 Å². The van der Waals surface area contributed by atoms with Crippen molar-refractivity contribution < 1.29 is 28.7 Å². The molecule has 2 heterocycles. The molecule has 1 N–H and O–H groups in total. The minimum Gasteiger partial charge on any atom is -0.495 e. The number of nitrogens with zero attached hydrogens (tertiary/aromatic N) is 4. The molecule has 0 aliphatic carbocycles. The molecule has 1 fully saturated rings. The number of ether oxygens (including phenoxy) is 2. The van der Waals surface area contributed by atoms with E-state index in [0.29, 0.717) is 11.4 Å². The van der Waals surface area contributed by atoms with Crippen LogP contribution in [-0.4, -0.2) is 61.0 Å². The van der Waals surface area contributed by atoms with Crippen molar-refractivity contribution in [2.45, 2.75) is 19.0 Å². The number of nitrogens with one attached hydrogen (secondary N) is 1. The Morgan fingerprint density at radius 3 is 2.65 bits per heavy atom. The van der Waals surface area contributed by atoms with Crippen LogP contribution in [0, 0.1) is 0 Å². The second kappa shape index (κ2) is 9.48. The van der Waals surface area contributed by atoms with Crippen molar-refractivity contribution in [1.29, 1.82) is 0 Å². The smallest absolute Gasteiger partial charge is 0.338 e. The number of methoxy groups -OCH3 is 1. The highest BCUT2D eigenvalue weighted by Crippen LogP contribution is 2.35. The third kappa shape index (κ3) is 4.29. The van der Waals surface area contributed by atoms with Crippen LogP contribution in [0.1, 0.15) is 17.3 Å². The van der Waals surface area contributed by atoms with Crippen molar-refractivity contribution in [2.24, 2.45) is 10.3 Å². The van der Waals surface area contributed by atoms with Crippen LogP contribution in [-0.2, 0) is 19.1 Å². The molecule has 3 amide bonds. The van der Waals surface area contributed by atoms with Gasteiger partial charge in [-0.15, -0.1) is 0 Å². The fraction of sp³-hybridized carbons (Fsp3) is 0.273. The summed E-state index contributed by atoms with van der Waals surface area (Å²) >= 11 is 6.14. The zero-order valence-electron chi connectivity index (χ0n) is 18.2. The van der Waals surface area contributed by atoms with Crippen molar-refractivity contribution in [3.63, 3.8) is 0 Å².